The number of carbonyl (C=O) groups is 2. The third kappa shape index (κ3) is 4.04. The van der Waals surface area contributed by atoms with Crippen molar-refractivity contribution in [2.24, 2.45) is 5.92 Å². The number of amides is 2. The van der Waals surface area contributed by atoms with Gasteiger partial charge in [0.15, 0.2) is 0 Å². The summed E-state index contributed by atoms with van der Waals surface area (Å²) >= 11 is 0. The molecule has 0 aliphatic carbocycles. The predicted molar refractivity (Wildman–Crippen MR) is 96.9 cm³/mol. The van der Waals surface area contributed by atoms with Gasteiger partial charge >= 0.3 is 0 Å². The minimum absolute atomic E-state index is 0.00987. The molecule has 2 aromatic rings. The summed E-state index contributed by atoms with van der Waals surface area (Å²) in [4.78, 5) is 28.8. The number of methoxy groups -OCH3 is 1. The Bertz CT molecular complexity index is 735. The number of rotatable bonds is 5. The molecule has 1 aromatic heterocycles. The van der Waals surface area contributed by atoms with Crippen molar-refractivity contribution in [1.82, 2.24) is 19.6 Å². The molecule has 1 saturated heterocycles. The molecule has 7 nitrogen and oxygen atoms in total. The first-order chi connectivity index (χ1) is 12.6. The van der Waals surface area contributed by atoms with Crippen molar-refractivity contribution in [1.29, 1.82) is 0 Å². The maximum absolute atomic E-state index is 12.6. The van der Waals surface area contributed by atoms with Crippen LogP contribution in [0.3, 0.4) is 0 Å². The van der Waals surface area contributed by atoms with Crippen molar-refractivity contribution in [2.45, 2.75) is 13.5 Å². The van der Waals surface area contributed by atoms with Crippen LogP contribution in [0.4, 0.5) is 0 Å². The van der Waals surface area contributed by atoms with Crippen molar-refractivity contribution < 1.29 is 14.3 Å². The fourth-order valence-electron chi connectivity index (χ4n) is 3.12. The van der Waals surface area contributed by atoms with E-state index in [1.807, 2.05) is 24.1 Å². The molecule has 1 fully saturated rings. The molecule has 0 bridgehead atoms. The summed E-state index contributed by atoms with van der Waals surface area (Å²) < 4.78 is 6.89. The summed E-state index contributed by atoms with van der Waals surface area (Å²) in [5, 5.41) is 4.15. The lowest BCUT2D eigenvalue weighted by Crippen LogP contribution is -2.52. The van der Waals surface area contributed by atoms with Crippen LogP contribution in [0.15, 0.2) is 42.7 Å². The lowest BCUT2D eigenvalue weighted by atomic mass is 10.1. The number of ether oxygens (including phenoxy) is 1. The van der Waals surface area contributed by atoms with Crippen LogP contribution in [0.25, 0.3) is 0 Å². The van der Waals surface area contributed by atoms with Gasteiger partial charge in [-0.05, 0) is 30.3 Å². The number of piperazine rings is 1. The first kappa shape index (κ1) is 18.0. The lowest BCUT2D eigenvalue weighted by Gasteiger charge is -2.36. The zero-order valence-corrected chi connectivity index (χ0v) is 15.2. The van der Waals surface area contributed by atoms with E-state index >= 15 is 0 Å². The summed E-state index contributed by atoms with van der Waals surface area (Å²) in [5.41, 5.74) is 0.637. The van der Waals surface area contributed by atoms with Crippen LogP contribution in [0.2, 0.25) is 0 Å². The maximum atomic E-state index is 12.6. The zero-order chi connectivity index (χ0) is 18.5. The molecule has 1 aliphatic heterocycles. The fraction of sp³-hybridized carbons (Fsp3) is 0.421. The van der Waals surface area contributed by atoms with Crippen molar-refractivity contribution in [3.8, 4) is 5.75 Å². The van der Waals surface area contributed by atoms with Crippen LogP contribution in [-0.4, -0.2) is 64.7 Å². The van der Waals surface area contributed by atoms with Crippen molar-refractivity contribution >= 4 is 11.8 Å². The minimum atomic E-state index is -0.140. The zero-order valence-electron chi connectivity index (χ0n) is 15.2. The highest BCUT2D eigenvalue weighted by Gasteiger charge is 2.27. The molecule has 1 aliphatic rings. The molecule has 138 valence electrons. The monoisotopic (exact) mass is 356 g/mol. The van der Waals surface area contributed by atoms with E-state index in [9.17, 15) is 9.59 Å². The molecule has 2 heterocycles. The van der Waals surface area contributed by atoms with E-state index in [2.05, 4.69) is 5.10 Å². The van der Waals surface area contributed by atoms with E-state index in [0.29, 0.717) is 38.3 Å². The van der Waals surface area contributed by atoms with Gasteiger partial charge in [0.1, 0.15) is 5.75 Å². The Labute approximate surface area is 153 Å². The molecule has 1 aromatic carbocycles. The fourth-order valence-corrected chi connectivity index (χ4v) is 3.12. The Balaban J connectivity index is 1.52. The van der Waals surface area contributed by atoms with Gasteiger partial charge in [0.25, 0.3) is 5.91 Å². The van der Waals surface area contributed by atoms with Gasteiger partial charge < -0.3 is 14.5 Å². The SMILES string of the molecule is COc1ccc(C(=O)N2CCN(C(=O)C(C)Cn3cccn3)CC2)cc1. The van der Waals surface area contributed by atoms with Crippen molar-refractivity contribution in [3.05, 3.63) is 48.3 Å². The predicted octanol–water partition coefficient (Wildman–Crippen LogP) is 1.51. The Hall–Kier alpha value is -2.83. The highest BCUT2D eigenvalue weighted by molar-refractivity contribution is 5.94. The first-order valence-electron chi connectivity index (χ1n) is 8.78. The second-order valence-electron chi connectivity index (χ2n) is 6.48. The molecule has 1 atom stereocenters. The molecule has 7 heteroatoms. The van der Waals surface area contributed by atoms with Crippen LogP contribution in [0.1, 0.15) is 17.3 Å². The third-order valence-electron chi connectivity index (χ3n) is 4.66. The number of nitrogens with zero attached hydrogens (tertiary/aromatic N) is 4. The summed E-state index contributed by atoms with van der Waals surface area (Å²) in [6.45, 7) is 4.69. The highest BCUT2D eigenvalue weighted by atomic mass is 16.5. The second kappa shape index (κ2) is 8.03. The average molecular weight is 356 g/mol. The molecule has 1 unspecified atom stereocenters. The molecule has 0 saturated carbocycles. The summed E-state index contributed by atoms with van der Waals surface area (Å²) in [5.74, 6) is 0.684. The lowest BCUT2D eigenvalue weighted by molar-refractivity contribution is -0.137. The van der Waals surface area contributed by atoms with E-state index in [-0.39, 0.29) is 17.7 Å². The Morgan fingerprint density at radius 2 is 1.77 bits per heavy atom. The smallest absolute Gasteiger partial charge is 0.253 e. The molecule has 0 spiro atoms. The number of hydrogen-bond donors (Lipinski definition) is 0. The molecular formula is C19H24N4O3. The van der Waals surface area contributed by atoms with Gasteiger partial charge in [-0.15, -0.1) is 0 Å². The topological polar surface area (TPSA) is 67.7 Å². The summed E-state index contributed by atoms with van der Waals surface area (Å²) in [6.07, 6.45) is 3.57. The molecule has 0 radical (unpaired) electrons. The van der Waals surface area contributed by atoms with E-state index in [1.165, 1.54) is 0 Å². The van der Waals surface area contributed by atoms with Crippen LogP contribution in [0, 0.1) is 5.92 Å². The quantitative estimate of drug-likeness (QED) is 0.814. The number of hydrogen-bond acceptors (Lipinski definition) is 4. The maximum Gasteiger partial charge on any atom is 0.253 e. The third-order valence-corrected chi connectivity index (χ3v) is 4.66. The molecule has 3 rings (SSSR count). The van der Waals surface area contributed by atoms with Gasteiger partial charge in [-0.3, -0.25) is 14.3 Å². The van der Waals surface area contributed by atoms with Crippen LogP contribution in [0.5, 0.6) is 5.75 Å². The van der Waals surface area contributed by atoms with Crippen molar-refractivity contribution in [3.63, 3.8) is 0 Å². The second-order valence-corrected chi connectivity index (χ2v) is 6.48. The van der Waals surface area contributed by atoms with Gasteiger partial charge in [0, 0.05) is 44.1 Å². The first-order valence-corrected chi connectivity index (χ1v) is 8.78. The van der Waals surface area contributed by atoms with Crippen LogP contribution in [-0.2, 0) is 11.3 Å². The normalized spacial score (nSPS) is 15.6. The number of benzene rings is 1. The van der Waals surface area contributed by atoms with Gasteiger partial charge in [-0.2, -0.15) is 5.10 Å². The summed E-state index contributed by atoms with van der Waals surface area (Å²) in [7, 11) is 1.60. The largest absolute Gasteiger partial charge is 0.497 e. The van der Waals surface area contributed by atoms with E-state index in [0.717, 1.165) is 5.75 Å². The van der Waals surface area contributed by atoms with E-state index < -0.39 is 0 Å². The standard InChI is InChI=1S/C19H24N4O3/c1-15(14-23-9-3-8-20-23)18(24)21-10-12-22(13-11-21)19(25)16-4-6-17(26-2)7-5-16/h3-9,15H,10-14H2,1-2H3. The Kier molecular flexibility index (Phi) is 5.55. The van der Waals surface area contributed by atoms with Gasteiger partial charge in [-0.25, -0.2) is 0 Å². The van der Waals surface area contributed by atoms with E-state index in [4.69, 9.17) is 4.74 Å². The molecule has 26 heavy (non-hydrogen) atoms. The molecular weight excluding hydrogens is 332 g/mol. The Morgan fingerprint density at radius 3 is 2.35 bits per heavy atom. The van der Waals surface area contributed by atoms with Gasteiger partial charge in [0.05, 0.1) is 19.6 Å². The average Bonchev–Trinajstić information content (AvgIpc) is 3.20. The van der Waals surface area contributed by atoms with Crippen LogP contribution >= 0.6 is 0 Å². The van der Waals surface area contributed by atoms with Crippen LogP contribution < -0.4 is 4.74 Å². The van der Waals surface area contributed by atoms with Gasteiger partial charge in [-0.1, -0.05) is 6.92 Å². The molecule has 0 N–H and O–H groups in total. The molecule has 2 amide bonds. The van der Waals surface area contributed by atoms with Crippen molar-refractivity contribution in [2.75, 3.05) is 33.3 Å². The Morgan fingerprint density at radius 1 is 1.12 bits per heavy atom. The van der Waals surface area contributed by atoms with E-state index in [1.54, 1.807) is 47.2 Å². The minimum Gasteiger partial charge on any atom is -0.497 e. The highest BCUT2D eigenvalue weighted by Crippen LogP contribution is 2.15. The summed E-state index contributed by atoms with van der Waals surface area (Å²) in [6, 6.07) is 8.95. The number of aromatic nitrogens is 2. The van der Waals surface area contributed by atoms with Gasteiger partial charge in [0.2, 0.25) is 5.91 Å². The number of carbonyl (C=O) groups excluding carboxylic acids is 2.